The van der Waals surface area contributed by atoms with E-state index in [0.29, 0.717) is 17.6 Å². The zero-order valence-corrected chi connectivity index (χ0v) is 37.5. The van der Waals surface area contributed by atoms with Gasteiger partial charge in [0.05, 0.1) is 38.7 Å². The van der Waals surface area contributed by atoms with E-state index >= 15 is 0 Å². The quantitative estimate of drug-likeness (QED) is 0.167. The maximum atomic E-state index is 6.64. The average molecular weight is 895 g/mol. The molecule has 0 saturated heterocycles. The highest BCUT2D eigenvalue weighted by molar-refractivity contribution is 6.24. The van der Waals surface area contributed by atoms with Crippen molar-refractivity contribution in [2.75, 3.05) is 0 Å². The van der Waals surface area contributed by atoms with Gasteiger partial charge in [-0.25, -0.2) is 4.98 Å². The number of furan rings is 1. The van der Waals surface area contributed by atoms with Crippen molar-refractivity contribution in [2.45, 2.75) is 0 Å². The van der Waals surface area contributed by atoms with Crippen LogP contribution in [0, 0.1) is 0 Å². The zero-order valence-electron chi connectivity index (χ0n) is 37.5. The first-order valence-electron chi connectivity index (χ1n) is 23.6. The van der Waals surface area contributed by atoms with Crippen molar-refractivity contribution in [1.29, 1.82) is 0 Å². The van der Waals surface area contributed by atoms with Gasteiger partial charge in [0.25, 0.3) is 0 Å². The van der Waals surface area contributed by atoms with Crippen LogP contribution in [0.5, 0.6) is 0 Å². The highest BCUT2D eigenvalue weighted by Gasteiger charge is 2.25. The highest BCUT2D eigenvalue weighted by Crippen LogP contribution is 2.44. The second-order valence-electron chi connectivity index (χ2n) is 18.0. The minimum Gasteiger partial charge on any atom is -0.455 e. The highest BCUT2D eigenvalue weighted by atomic mass is 16.3. The van der Waals surface area contributed by atoms with Crippen molar-refractivity contribution in [1.82, 2.24) is 28.7 Å². The van der Waals surface area contributed by atoms with Gasteiger partial charge in [-0.1, -0.05) is 170 Å². The standard InChI is InChI=1S/C63H38N6O/c1-3-16-39(17-4-1)40-30-32-42(33-31-40)68-55-28-13-9-22-46(55)48-35-36-49-52-38-43(67-53-26-11-7-20-44(53)45-21-8-12-27-54(45)67)34-37-56(52)69(59(49)58(48)68)63-65-61(41-18-5-2-6-19-41)64-62(66-63)51-25-15-24-50-47-23-10-14-29-57(47)70-60(50)51/h1-38H. The van der Waals surface area contributed by atoms with Crippen LogP contribution < -0.4 is 0 Å². The predicted molar refractivity (Wildman–Crippen MR) is 286 cm³/mol. The van der Waals surface area contributed by atoms with E-state index in [-0.39, 0.29) is 0 Å². The first kappa shape index (κ1) is 38.5. The average Bonchev–Trinajstić information content (AvgIpc) is 4.18. The third-order valence-corrected chi connectivity index (χ3v) is 14.1. The second-order valence-corrected chi connectivity index (χ2v) is 18.0. The van der Waals surface area contributed by atoms with E-state index in [0.717, 1.165) is 105 Å². The predicted octanol–water partition coefficient (Wildman–Crippen LogP) is 16.1. The molecule has 0 unspecified atom stereocenters. The number of nitrogens with zero attached hydrogens (tertiary/aromatic N) is 6. The molecule has 10 aromatic carbocycles. The Bertz CT molecular complexity index is 4530. The second kappa shape index (κ2) is 15.0. The fourth-order valence-corrected chi connectivity index (χ4v) is 11.0. The summed E-state index contributed by atoms with van der Waals surface area (Å²) in [7, 11) is 0. The molecule has 15 rings (SSSR count). The number of rotatable bonds is 6. The molecule has 7 heteroatoms. The Kier molecular flexibility index (Phi) is 8.23. The fourth-order valence-electron chi connectivity index (χ4n) is 11.0. The Hall–Kier alpha value is -9.59. The molecule has 7 nitrogen and oxygen atoms in total. The topological polar surface area (TPSA) is 66.6 Å². The SMILES string of the molecule is c1ccc(-c2ccc(-n3c4ccccc4c4ccc5c6cc(-n7c8ccccc8c8ccccc87)ccc6n(-c6nc(-c7ccccc7)nc(-c7cccc8c7oc7ccccc78)n6)c5c43)cc2)cc1. The van der Waals surface area contributed by atoms with Gasteiger partial charge in [0.2, 0.25) is 5.95 Å². The van der Waals surface area contributed by atoms with Crippen LogP contribution in [-0.2, 0) is 0 Å². The lowest BCUT2D eigenvalue weighted by atomic mass is 10.1. The molecule has 70 heavy (non-hydrogen) atoms. The molecule has 0 aliphatic heterocycles. The molecule has 326 valence electrons. The van der Waals surface area contributed by atoms with E-state index in [1.54, 1.807) is 0 Å². The van der Waals surface area contributed by atoms with Gasteiger partial charge in [0, 0.05) is 60.0 Å². The van der Waals surface area contributed by atoms with Crippen molar-refractivity contribution in [2.24, 2.45) is 0 Å². The lowest BCUT2D eigenvalue weighted by molar-refractivity contribution is 0.669. The maximum Gasteiger partial charge on any atom is 0.238 e. The van der Waals surface area contributed by atoms with E-state index in [1.165, 1.54) is 16.3 Å². The smallest absolute Gasteiger partial charge is 0.238 e. The van der Waals surface area contributed by atoms with Crippen molar-refractivity contribution in [3.63, 3.8) is 0 Å². The number of fused-ring (bicyclic) bond motifs is 13. The lowest BCUT2D eigenvalue weighted by Gasteiger charge is -2.14. The van der Waals surface area contributed by atoms with E-state index in [1.807, 2.05) is 36.4 Å². The van der Waals surface area contributed by atoms with Gasteiger partial charge in [-0.2, -0.15) is 9.97 Å². The fraction of sp³-hybridized carbons (Fsp3) is 0. The van der Waals surface area contributed by atoms with Crippen LogP contribution >= 0.6 is 0 Å². The molecule has 0 amide bonds. The molecule has 0 saturated carbocycles. The largest absolute Gasteiger partial charge is 0.455 e. The molecule has 15 aromatic rings. The van der Waals surface area contributed by atoms with Crippen molar-refractivity contribution >= 4 is 87.4 Å². The van der Waals surface area contributed by atoms with Crippen LogP contribution in [0.2, 0.25) is 0 Å². The number of para-hydroxylation sites is 5. The van der Waals surface area contributed by atoms with Crippen LogP contribution in [0.4, 0.5) is 0 Å². The molecule has 5 aromatic heterocycles. The monoisotopic (exact) mass is 894 g/mol. The summed E-state index contributed by atoms with van der Waals surface area (Å²) >= 11 is 0. The number of benzene rings is 10. The van der Waals surface area contributed by atoms with E-state index < -0.39 is 0 Å². The minimum atomic E-state index is 0.505. The van der Waals surface area contributed by atoms with Crippen LogP contribution in [0.3, 0.4) is 0 Å². The van der Waals surface area contributed by atoms with Gasteiger partial charge in [0.1, 0.15) is 11.2 Å². The molecule has 0 spiro atoms. The Morgan fingerprint density at radius 3 is 1.53 bits per heavy atom. The summed E-state index contributed by atoms with van der Waals surface area (Å²) in [5.74, 6) is 1.59. The summed E-state index contributed by atoms with van der Waals surface area (Å²) in [5, 5.41) is 8.94. The molecule has 0 atom stereocenters. The van der Waals surface area contributed by atoms with Crippen molar-refractivity contribution in [3.05, 3.63) is 231 Å². The van der Waals surface area contributed by atoms with Gasteiger partial charge in [0.15, 0.2) is 11.6 Å². The van der Waals surface area contributed by atoms with Crippen molar-refractivity contribution < 1.29 is 4.42 Å². The summed E-state index contributed by atoms with van der Waals surface area (Å²) in [5.41, 5.74) is 14.1. The van der Waals surface area contributed by atoms with Crippen molar-refractivity contribution in [3.8, 4) is 51.2 Å². The molecule has 0 aliphatic carbocycles. The van der Waals surface area contributed by atoms with Gasteiger partial charge in [-0.3, -0.25) is 4.57 Å². The van der Waals surface area contributed by atoms with E-state index in [9.17, 15) is 0 Å². The third kappa shape index (κ3) is 5.66. The minimum absolute atomic E-state index is 0.505. The zero-order chi connectivity index (χ0) is 45.9. The summed E-state index contributed by atoms with van der Waals surface area (Å²) < 4.78 is 13.7. The Balaban J connectivity index is 1.08. The van der Waals surface area contributed by atoms with Crippen LogP contribution in [0.15, 0.2) is 235 Å². The number of hydrogen-bond donors (Lipinski definition) is 0. The Morgan fingerprint density at radius 2 is 0.814 bits per heavy atom. The van der Waals surface area contributed by atoms with Gasteiger partial charge < -0.3 is 13.6 Å². The van der Waals surface area contributed by atoms with E-state index in [2.05, 4.69) is 208 Å². The molecular formula is C63H38N6O. The van der Waals surface area contributed by atoms with Crippen LogP contribution in [0.1, 0.15) is 0 Å². The first-order chi connectivity index (χ1) is 34.7. The molecule has 0 aliphatic rings. The maximum absolute atomic E-state index is 6.64. The molecule has 0 N–H and O–H groups in total. The van der Waals surface area contributed by atoms with Gasteiger partial charge >= 0.3 is 0 Å². The molecule has 5 heterocycles. The molecule has 0 fully saturated rings. The Labute approximate surface area is 400 Å². The first-order valence-corrected chi connectivity index (χ1v) is 23.6. The third-order valence-electron chi connectivity index (χ3n) is 14.1. The van der Waals surface area contributed by atoms with Crippen LogP contribution in [0.25, 0.3) is 139 Å². The van der Waals surface area contributed by atoms with E-state index in [4.69, 9.17) is 19.4 Å². The summed E-state index contributed by atoms with van der Waals surface area (Å²) in [4.78, 5) is 16.2. The lowest BCUT2D eigenvalue weighted by Crippen LogP contribution is -2.07. The molecule has 0 radical (unpaired) electrons. The normalized spacial score (nSPS) is 12.0. The molecule has 0 bridgehead atoms. The van der Waals surface area contributed by atoms with Gasteiger partial charge in [-0.05, 0) is 71.8 Å². The Morgan fingerprint density at radius 1 is 0.300 bits per heavy atom. The number of hydrogen-bond acceptors (Lipinski definition) is 4. The summed E-state index contributed by atoms with van der Waals surface area (Å²) in [6, 6.07) is 81.5. The van der Waals surface area contributed by atoms with Crippen LogP contribution in [-0.4, -0.2) is 28.7 Å². The summed E-state index contributed by atoms with van der Waals surface area (Å²) in [6.45, 7) is 0. The van der Waals surface area contributed by atoms with Gasteiger partial charge in [-0.15, -0.1) is 0 Å². The summed E-state index contributed by atoms with van der Waals surface area (Å²) in [6.07, 6.45) is 0. The molecular weight excluding hydrogens is 857 g/mol. The number of aromatic nitrogens is 6.